The highest BCUT2D eigenvalue weighted by atomic mass is 32.1. The van der Waals surface area contributed by atoms with Crippen molar-refractivity contribution >= 4 is 28.6 Å². The number of carbonyl (C=O) groups is 2. The van der Waals surface area contributed by atoms with E-state index in [0.29, 0.717) is 12.5 Å². The van der Waals surface area contributed by atoms with E-state index in [1.165, 1.54) is 0 Å². The number of piperidine rings is 3. The van der Waals surface area contributed by atoms with Gasteiger partial charge in [-0.1, -0.05) is 6.92 Å². The third-order valence-corrected chi connectivity index (χ3v) is 7.67. The van der Waals surface area contributed by atoms with E-state index in [4.69, 9.17) is 4.74 Å². The minimum atomic E-state index is -0.229. The molecular weight excluding hydrogens is 414 g/mol. The van der Waals surface area contributed by atoms with E-state index in [9.17, 15) is 9.59 Å². The van der Waals surface area contributed by atoms with Gasteiger partial charge in [-0.25, -0.2) is 14.6 Å². The lowest BCUT2D eigenvalue weighted by Crippen LogP contribution is -2.54. The number of nitrogens with zero attached hydrogens (tertiary/aromatic N) is 4. The molecule has 9 heteroatoms. The van der Waals surface area contributed by atoms with Gasteiger partial charge in [0.2, 0.25) is 0 Å². The maximum atomic E-state index is 13.0. The lowest BCUT2D eigenvalue weighted by Gasteiger charge is -2.38. The Morgan fingerprint density at radius 3 is 2.58 bits per heavy atom. The number of hydrogen-bond donors (Lipinski definition) is 1. The number of thiazole rings is 1. The number of anilines is 1. The van der Waals surface area contributed by atoms with Gasteiger partial charge >= 0.3 is 12.1 Å². The van der Waals surface area contributed by atoms with Gasteiger partial charge in [-0.15, -0.1) is 11.3 Å². The van der Waals surface area contributed by atoms with E-state index in [2.05, 4.69) is 22.1 Å². The van der Waals surface area contributed by atoms with Crippen LogP contribution in [0.15, 0.2) is 11.6 Å². The molecule has 8 nitrogen and oxygen atoms in total. The van der Waals surface area contributed by atoms with Gasteiger partial charge in [0.15, 0.2) is 5.13 Å². The molecule has 1 aromatic heterocycles. The number of carbonyl (C=O) groups excluding carboxylic acids is 2. The quantitative estimate of drug-likeness (QED) is 0.761. The van der Waals surface area contributed by atoms with Crippen LogP contribution in [0.1, 0.15) is 51.9 Å². The molecule has 3 amide bonds. The smallest absolute Gasteiger partial charge is 0.409 e. The van der Waals surface area contributed by atoms with Crippen LogP contribution < -0.4 is 10.2 Å². The van der Waals surface area contributed by atoms with Crippen molar-refractivity contribution in [1.29, 1.82) is 0 Å². The van der Waals surface area contributed by atoms with E-state index < -0.39 is 0 Å². The van der Waals surface area contributed by atoms with E-state index >= 15 is 0 Å². The van der Waals surface area contributed by atoms with Crippen molar-refractivity contribution in [2.75, 3.05) is 44.2 Å². The third-order valence-electron chi connectivity index (χ3n) is 6.84. The second kappa shape index (κ2) is 10.5. The second-order valence-electron chi connectivity index (χ2n) is 9.11. The first-order valence-corrected chi connectivity index (χ1v) is 12.6. The summed E-state index contributed by atoms with van der Waals surface area (Å²) in [5.41, 5.74) is 0. The maximum Gasteiger partial charge on any atom is 0.409 e. The van der Waals surface area contributed by atoms with E-state index in [1.54, 1.807) is 11.3 Å². The summed E-state index contributed by atoms with van der Waals surface area (Å²) in [6.07, 6.45) is 8.49. The van der Waals surface area contributed by atoms with Crippen molar-refractivity contribution in [3.8, 4) is 0 Å². The number of aromatic nitrogens is 1. The molecule has 1 atom stereocenters. The zero-order valence-electron chi connectivity index (χ0n) is 18.5. The summed E-state index contributed by atoms with van der Waals surface area (Å²) in [7, 11) is 0. The summed E-state index contributed by atoms with van der Waals surface area (Å²) >= 11 is 1.66. The van der Waals surface area contributed by atoms with Crippen molar-refractivity contribution in [2.24, 2.45) is 5.92 Å². The van der Waals surface area contributed by atoms with Gasteiger partial charge in [-0.3, -0.25) is 0 Å². The molecular formula is C22H35N5O3S. The topological polar surface area (TPSA) is 78.0 Å². The third kappa shape index (κ3) is 5.81. The predicted octanol–water partition coefficient (Wildman–Crippen LogP) is 3.54. The molecule has 3 aliphatic rings. The summed E-state index contributed by atoms with van der Waals surface area (Å²) in [6.45, 7) is 6.61. The molecule has 0 spiro atoms. The Labute approximate surface area is 188 Å². The van der Waals surface area contributed by atoms with Gasteiger partial charge in [0.25, 0.3) is 0 Å². The number of nitrogens with one attached hydrogen (secondary N) is 1. The zero-order chi connectivity index (χ0) is 21.6. The SMILES string of the molecule is CC1CCN(C(=O)OCC2CCCCN2C(=O)NC2CCN(c3nccs3)CC2)CC1. The molecule has 0 bridgehead atoms. The number of ether oxygens (including phenoxy) is 1. The van der Waals surface area contributed by atoms with Crippen LogP contribution in [-0.2, 0) is 4.74 Å². The van der Waals surface area contributed by atoms with Gasteiger partial charge < -0.3 is 24.8 Å². The van der Waals surface area contributed by atoms with Gasteiger partial charge in [0, 0.05) is 50.3 Å². The number of likely N-dealkylation sites (tertiary alicyclic amines) is 2. The summed E-state index contributed by atoms with van der Waals surface area (Å²) in [6, 6.07) is 0.140. The highest BCUT2D eigenvalue weighted by Crippen LogP contribution is 2.23. The minimum absolute atomic E-state index is 0.0137. The van der Waals surface area contributed by atoms with Gasteiger partial charge in [0.05, 0.1) is 6.04 Å². The highest BCUT2D eigenvalue weighted by molar-refractivity contribution is 7.13. The zero-order valence-corrected chi connectivity index (χ0v) is 19.3. The molecule has 1 unspecified atom stereocenters. The molecule has 0 aliphatic carbocycles. The molecule has 0 radical (unpaired) electrons. The Morgan fingerprint density at radius 1 is 1.10 bits per heavy atom. The van der Waals surface area contributed by atoms with Crippen LogP contribution in [0, 0.1) is 5.92 Å². The van der Waals surface area contributed by atoms with Gasteiger partial charge in [-0.05, 0) is 50.9 Å². The molecule has 1 aromatic rings. The fraction of sp³-hybridized carbons (Fsp3) is 0.773. The summed E-state index contributed by atoms with van der Waals surface area (Å²) in [5, 5.41) is 6.29. The van der Waals surface area contributed by atoms with Crippen LogP contribution in [-0.4, -0.2) is 78.3 Å². The van der Waals surface area contributed by atoms with Crippen molar-refractivity contribution in [2.45, 2.75) is 64.0 Å². The van der Waals surface area contributed by atoms with Gasteiger partial charge in [0.1, 0.15) is 6.61 Å². The summed E-state index contributed by atoms with van der Waals surface area (Å²) in [5.74, 6) is 0.676. The van der Waals surface area contributed by atoms with Gasteiger partial charge in [-0.2, -0.15) is 0 Å². The van der Waals surface area contributed by atoms with Crippen LogP contribution in [0.5, 0.6) is 0 Å². The Kier molecular flexibility index (Phi) is 7.53. The fourth-order valence-corrected chi connectivity index (χ4v) is 5.43. The minimum Gasteiger partial charge on any atom is -0.447 e. The van der Waals surface area contributed by atoms with Crippen LogP contribution in [0.3, 0.4) is 0 Å². The molecule has 31 heavy (non-hydrogen) atoms. The molecule has 0 aromatic carbocycles. The number of rotatable bonds is 4. The highest BCUT2D eigenvalue weighted by Gasteiger charge is 2.31. The average Bonchev–Trinajstić information content (AvgIpc) is 3.33. The molecule has 3 fully saturated rings. The predicted molar refractivity (Wildman–Crippen MR) is 122 cm³/mol. The molecule has 4 rings (SSSR count). The van der Waals surface area contributed by atoms with E-state index in [-0.39, 0.29) is 24.2 Å². The van der Waals surface area contributed by atoms with Crippen LogP contribution in [0.25, 0.3) is 0 Å². The lowest BCUT2D eigenvalue weighted by molar-refractivity contribution is 0.0540. The van der Waals surface area contributed by atoms with E-state index in [1.807, 2.05) is 21.4 Å². The van der Waals surface area contributed by atoms with Crippen molar-refractivity contribution < 1.29 is 14.3 Å². The Bertz CT molecular complexity index is 715. The molecule has 4 heterocycles. The monoisotopic (exact) mass is 449 g/mol. The molecule has 1 N–H and O–H groups in total. The maximum absolute atomic E-state index is 13.0. The lowest BCUT2D eigenvalue weighted by atomic mass is 10.00. The Morgan fingerprint density at radius 2 is 1.87 bits per heavy atom. The molecule has 3 aliphatic heterocycles. The molecule has 3 saturated heterocycles. The van der Waals surface area contributed by atoms with Crippen LogP contribution in [0.4, 0.5) is 14.7 Å². The second-order valence-corrected chi connectivity index (χ2v) is 9.99. The number of amides is 3. The number of urea groups is 1. The van der Waals surface area contributed by atoms with E-state index in [0.717, 1.165) is 82.8 Å². The summed E-state index contributed by atoms with van der Waals surface area (Å²) in [4.78, 5) is 35.8. The van der Waals surface area contributed by atoms with Crippen molar-refractivity contribution in [1.82, 2.24) is 20.1 Å². The van der Waals surface area contributed by atoms with Crippen LogP contribution >= 0.6 is 11.3 Å². The first-order valence-electron chi connectivity index (χ1n) is 11.7. The fourth-order valence-electron chi connectivity index (χ4n) is 4.74. The molecule has 172 valence electrons. The normalized spacial score (nSPS) is 23.6. The first-order chi connectivity index (χ1) is 15.1. The Hall–Kier alpha value is -2.03. The van der Waals surface area contributed by atoms with Crippen molar-refractivity contribution in [3.63, 3.8) is 0 Å². The summed E-state index contributed by atoms with van der Waals surface area (Å²) < 4.78 is 5.63. The average molecular weight is 450 g/mol. The number of hydrogen-bond acceptors (Lipinski definition) is 6. The largest absolute Gasteiger partial charge is 0.447 e. The Balaban J connectivity index is 1.23. The first kappa shape index (κ1) is 22.2. The molecule has 0 saturated carbocycles. The van der Waals surface area contributed by atoms with Crippen LogP contribution in [0.2, 0.25) is 0 Å². The van der Waals surface area contributed by atoms with Crippen molar-refractivity contribution in [3.05, 3.63) is 11.6 Å². The standard InChI is InChI=1S/C22H35N5O3S/c1-17-5-11-26(12-6-17)22(29)30-16-19-4-2-3-10-27(19)20(28)24-18-7-13-25(14-8-18)21-23-9-15-31-21/h9,15,17-19H,2-8,10-14,16H2,1H3,(H,24,28).